The van der Waals surface area contributed by atoms with Crippen molar-refractivity contribution in [3.63, 3.8) is 0 Å². The Kier molecular flexibility index (Phi) is 4.73. The predicted octanol–water partition coefficient (Wildman–Crippen LogP) is 0.499. The molecule has 0 radical (unpaired) electrons. The molecule has 0 heterocycles. The zero-order chi connectivity index (χ0) is 14.6. The standard InChI is InChI=1S/C11H17N3O4S/c1-13(2)7-8-14(11(15)16)19(17,18)10-5-3-9(12)4-6-10/h3-6H,7-8,12H2,1-2H3,(H,15,16). The summed E-state index contributed by atoms with van der Waals surface area (Å²) in [5, 5.41) is 9.04. The van der Waals surface area contributed by atoms with E-state index in [0.717, 1.165) is 0 Å². The summed E-state index contributed by atoms with van der Waals surface area (Å²) in [4.78, 5) is 12.7. The molecule has 0 aliphatic carbocycles. The zero-order valence-electron chi connectivity index (χ0n) is 10.8. The maximum atomic E-state index is 12.2. The molecule has 0 saturated heterocycles. The minimum Gasteiger partial charge on any atom is -0.464 e. The number of anilines is 1. The molecule has 3 N–H and O–H groups in total. The number of hydrogen-bond acceptors (Lipinski definition) is 5. The summed E-state index contributed by atoms with van der Waals surface area (Å²) in [6.07, 6.45) is -1.50. The molecule has 1 rings (SSSR count). The lowest BCUT2D eigenvalue weighted by atomic mass is 10.3. The summed E-state index contributed by atoms with van der Waals surface area (Å²) in [6, 6.07) is 5.41. The van der Waals surface area contributed by atoms with Gasteiger partial charge in [-0.3, -0.25) is 0 Å². The van der Waals surface area contributed by atoms with E-state index in [-0.39, 0.29) is 11.4 Å². The van der Waals surface area contributed by atoms with E-state index in [0.29, 0.717) is 16.5 Å². The maximum absolute atomic E-state index is 12.2. The molecule has 0 aromatic heterocycles. The van der Waals surface area contributed by atoms with E-state index in [9.17, 15) is 13.2 Å². The third-order valence-corrected chi connectivity index (χ3v) is 4.22. The largest absolute Gasteiger partial charge is 0.464 e. The molecule has 0 unspecified atom stereocenters. The minimum atomic E-state index is -4.06. The minimum absolute atomic E-state index is 0.0946. The molecule has 1 amide bonds. The van der Waals surface area contributed by atoms with Gasteiger partial charge in [0.2, 0.25) is 0 Å². The molecule has 7 nitrogen and oxygen atoms in total. The summed E-state index contributed by atoms with van der Waals surface area (Å²) in [5.41, 5.74) is 5.88. The van der Waals surface area contributed by atoms with Gasteiger partial charge in [0.15, 0.2) is 0 Å². The van der Waals surface area contributed by atoms with Gasteiger partial charge in [0, 0.05) is 12.2 Å². The summed E-state index contributed by atoms with van der Waals surface area (Å²) < 4.78 is 24.8. The van der Waals surface area contributed by atoms with Crippen LogP contribution < -0.4 is 5.73 Å². The Morgan fingerprint density at radius 3 is 2.16 bits per heavy atom. The van der Waals surface area contributed by atoms with Gasteiger partial charge < -0.3 is 15.7 Å². The van der Waals surface area contributed by atoms with Gasteiger partial charge in [0.25, 0.3) is 10.0 Å². The molecule has 0 atom stereocenters. The van der Waals surface area contributed by atoms with Crippen LogP contribution in [0.15, 0.2) is 29.2 Å². The number of sulfonamides is 1. The Bertz CT molecular complexity index is 540. The Morgan fingerprint density at radius 1 is 1.21 bits per heavy atom. The number of benzene rings is 1. The van der Waals surface area contributed by atoms with Crippen LogP contribution in [0.1, 0.15) is 0 Å². The predicted molar refractivity (Wildman–Crippen MR) is 71.3 cm³/mol. The average Bonchev–Trinajstić information content (AvgIpc) is 2.28. The highest BCUT2D eigenvalue weighted by molar-refractivity contribution is 7.89. The molecule has 0 aliphatic rings. The second-order valence-corrected chi connectivity index (χ2v) is 6.09. The quantitative estimate of drug-likeness (QED) is 0.764. The normalized spacial score (nSPS) is 11.5. The van der Waals surface area contributed by atoms with Crippen LogP contribution in [-0.2, 0) is 10.0 Å². The molecule has 0 saturated carbocycles. The van der Waals surface area contributed by atoms with Crippen molar-refractivity contribution in [1.82, 2.24) is 9.21 Å². The maximum Gasteiger partial charge on any atom is 0.421 e. The van der Waals surface area contributed by atoms with Crippen molar-refractivity contribution in [3.8, 4) is 0 Å². The Hall–Kier alpha value is -1.80. The monoisotopic (exact) mass is 287 g/mol. The van der Waals surface area contributed by atoms with E-state index in [1.54, 1.807) is 19.0 Å². The van der Waals surface area contributed by atoms with Gasteiger partial charge in [-0.2, -0.15) is 4.31 Å². The van der Waals surface area contributed by atoms with E-state index >= 15 is 0 Å². The molecular weight excluding hydrogens is 270 g/mol. The van der Waals surface area contributed by atoms with Crippen LogP contribution in [0.2, 0.25) is 0 Å². The highest BCUT2D eigenvalue weighted by Crippen LogP contribution is 2.17. The fourth-order valence-electron chi connectivity index (χ4n) is 1.38. The lowest BCUT2D eigenvalue weighted by Crippen LogP contribution is -2.40. The van der Waals surface area contributed by atoms with Crippen LogP contribution in [-0.4, -0.2) is 56.0 Å². The summed E-state index contributed by atoms with van der Waals surface area (Å²) >= 11 is 0. The summed E-state index contributed by atoms with van der Waals surface area (Å²) in [6.45, 7) is 0.176. The highest BCUT2D eigenvalue weighted by Gasteiger charge is 2.28. The molecular formula is C11H17N3O4S. The molecule has 0 bridgehead atoms. The average molecular weight is 287 g/mol. The molecule has 0 fully saturated rings. The van der Waals surface area contributed by atoms with E-state index in [1.165, 1.54) is 24.3 Å². The van der Waals surface area contributed by atoms with Crippen LogP contribution in [0.3, 0.4) is 0 Å². The van der Waals surface area contributed by atoms with E-state index < -0.39 is 16.1 Å². The number of nitrogen functional groups attached to an aromatic ring is 1. The number of carbonyl (C=O) groups is 1. The van der Waals surface area contributed by atoms with Crippen molar-refractivity contribution in [1.29, 1.82) is 0 Å². The van der Waals surface area contributed by atoms with Gasteiger partial charge in [-0.1, -0.05) is 0 Å². The Morgan fingerprint density at radius 2 is 1.74 bits per heavy atom. The van der Waals surface area contributed by atoms with Gasteiger partial charge in [-0.25, -0.2) is 13.2 Å². The number of amides is 1. The molecule has 8 heteroatoms. The number of carboxylic acid groups (broad SMARTS) is 1. The smallest absolute Gasteiger partial charge is 0.421 e. The first-order valence-corrected chi connectivity index (χ1v) is 6.95. The molecule has 0 spiro atoms. The Labute approximate surface area is 112 Å². The number of likely N-dealkylation sites (N-methyl/N-ethyl adjacent to an activating group) is 1. The van der Waals surface area contributed by atoms with Crippen LogP contribution in [0.25, 0.3) is 0 Å². The molecule has 1 aromatic rings. The van der Waals surface area contributed by atoms with Crippen LogP contribution >= 0.6 is 0 Å². The van der Waals surface area contributed by atoms with Gasteiger partial charge in [-0.05, 0) is 38.4 Å². The molecule has 106 valence electrons. The third-order valence-electron chi connectivity index (χ3n) is 2.43. The Balaban J connectivity index is 3.06. The van der Waals surface area contributed by atoms with Gasteiger partial charge in [-0.15, -0.1) is 0 Å². The van der Waals surface area contributed by atoms with Crippen molar-refractivity contribution in [2.75, 3.05) is 32.9 Å². The second kappa shape index (κ2) is 5.89. The number of hydrogen-bond donors (Lipinski definition) is 2. The molecule has 19 heavy (non-hydrogen) atoms. The summed E-state index contributed by atoms with van der Waals surface area (Å²) in [5.74, 6) is 0. The van der Waals surface area contributed by atoms with Crippen LogP contribution in [0.4, 0.5) is 10.5 Å². The van der Waals surface area contributed by atoms with Gasteiger partial charge >= 0.3 is 6.09 Å². The number of rotatable bonds is 5. The zero-order valence-corrected chi connectivity index (χ0v) is 11.6. The van der Waals surface area contributed by atoms with Crippen molar-refractivity contribution in [2.45, 2.75) is 4.90 Å². The van der Waals surface area contributed by atoms with E-state index in [1.807, 2.05) is 0 Å². The first-order chi connectivity index (χ1) is 8.75. The van der Waals surface area contributed by atoms with Crippen molar-refractivity contribution >= 4 is 21.8 Å². The van der Waals surface area contributed by atoms with Crippen LogP contribution in [0, 0.1) is 0 Å². The summed E-state index contributed by atoms with van der Waals surface area (Å²) in [7, 11) is -0.597. The number of nitrogens with two attached hydrogens (primary N) is 1. The van der Waals surface area contributed by atoms with Gasteiger partial charge in [0.1, 0.15) is 0 Å². The van der Waals surface area contributed by atoms with Crippen LogP contribution in [0.5, 0.6) is 0 Å². The van der Waals surface area contributed by atoms with Crippen molar-refractivity contribution in [3.05, 3.63) is 24.3 Å². The highest BCUT2D eigenvalue weighted by atomic mass is 32.2. The topological polar surface area (TPSA) is 104 Å². The molecule has 1 aromatic carbocycles. The van der Waals surface area contributed by atoms with Crippen molar-refractivity contribution < 1.29 is 18.3 Å². The third kappa shape index (κ3) is 3.83. The van der Waals surface area contributed by atoms with Gasteiger partial charge in [0.05, 0.1) is 11.4 Å². The fraction of sp³-hybridized carbons (Fsp3) is 0.364. The SMILES string of the molecule is CN(C)CCN(C(=O)O)S(=O)(=O)c1ccc(N)cc1. The second-order valence-electron chi connectivity index (χ2n) is 4.23. The fourth-order valence-corrected chi connectivity index (χ4v) is 2.64. The first-order valence-electron chi connectivity index (χ1n) is 5.51. The first kappa shape index (κ1) is 15.3. The lowest BCUT2D eigenvalue weighted by Gasteiger charge is -2.21. The lowest BCUT2D eigenvalue weighted by molar-refractivity contribution is 0.169. The van der Waals surface area contributed by atoms with E-state index in [2.05, 4.69) is 0 Å². The van der Waals surface area contributed by atoms with Crippen molar-refractivity contribution in [2.24, 2.45) is 0 Å². The molecule has 0 aliphatic heterocycles. The van der Waals surface area contributed by atoms with E-state index in [4.69, 9.17) is 10.8 Å². The number of nitrogens with zero attached hydrogens (tertiary/aromatic N) is 2.